The SMILES string of the molecule is NC[C@H]1c2ncccc2OC12CC2. The summed E-state index contributed by atoms with van der Waals surface area (Å²) >= 11 is 0. The van der Waals surface area contributed by atoms with Crippen molar-refractivity contribution in [1.29, 1.82) is 0 Å². The van der Waals surface area contributed by atoms with Gasteiger partial charge in [0.1, 0.15) is 11.4 Å². The lowest BCUT2D eigenvalue weighted by Gasteiger charge is -2.14. The van der Waals surface area contributed by atoms with Crippen LogP contribution < -0.4 is 10.5 Å². The summed E-state index contributed by atoms with van der Waals surface area (Å²) in [7, 11) is 0. The molecule has 0 radical (unpaired) electrons. The lowest BCUT2D eigenvalue weighted by Crippen LogP contribution is -2.27. The summed E-state index contributed by atoms with van der Waals surface area (Å²) in [5.41, 5.74) is 6.84. The molecule has 1 aromatic heterocycles. The Bertz CT molecular complexity index is 347. The Morgan fingerprint density at radius 1 is 1.62 bits per heavy atom. The Morgan fingerprint density at radius 2 is 2.46 bits per heavy atom. The highest BCUT2D eigenvalue weighted by Gasteiger charge is 2.57. The average molecular weight is 176 g/mol. The van der Waals surface area contributed by atoms with E-state index < -0.39 is 0 Å². The molecule has 3 rings (SSSR count). The second kappa shape index (κ2) is 2.23. The standard InChI is InChI=1S/C10H12N2O/c11-6-7-9-8(2-1-5-12-9)13-10(7)3-4-10/h1-2,5,7H,3-4,6,11H2/t7-/m0/s1. The Kier molecular flexibility index (Phi) is 1.26. The van der Waals surface area contributed by atoms with Crippen molar-refractivity contribution in [3.63, 3.8) is 0 Å². The van der Waals surface area contributed by atoms with Gasteiger partial charge in [-0.05, 0) is 25.0 Å². The van der Waals surface area contributed by atoms with E-state index in [0.717, 1.165) is 24.3 Å². The minimum Gasteiger partial charge on any atom is -0.485 e. The Morgan fingerprint density at radius 3 is 3.15 bits per heavy atom. The highest BCUT2D eigenvalue weighted by atomic mass is 16.5. The topological polar surface area (TPSA) is 48.1 Å². The molecule has 1 atom stereocenters. The minimum atomic E-state index is 0.0332. The molecule has 1 aliphatic carbocycles. The van der Waals surface area contributed by atoms with Crippen LogP contribution >= 0.6 is 0 Å². The van der Waals surface area contributed by atoms with Gasteiger partial charge in [-0.3, -0.25) is 4.98 Å². The Hall–Kier alpha value is -1.09. The van der Waals surface area contributed by atoms with Gasteiger partial charge in [0.2, 0.25) is 0 Å². The first-order valence-corrected chi connectivity index (χ1v) is 4.70. The van der Waals surface area contributed by atoms with Gasteiger partial charge in [-0.2, -0.15) is 0 Å². The smallest absolute Gasteiger partial charge is 0.142 e. The van der Waals surface area contributed by atoms with Gasteiger partial charge in [0.15, 0.2) is 0 Å². The Labute approximate surface area is 76.9 Å². The van der Waals surface area contributed by atoms with Crippen molar-refractivity contribution in [2.24, 2.45) is 5.73 Å². The molecule has 3 nitrogen and oxygen atoms in total. The third-order valence-corrected chi connectivity index (χ3v) is 3.06. The van der Waals surface area contributed by atoms with E-state index in [0.29, 0.717) is 12.5 Å². The summed E-state index contributed by atoms with van der Waals surface area (Å²) in [4.78, 5) is 4.34. The van der Waals surface area contributed by atoms with Crippen molar-refractivity contribution >= 4 is 0 Å². The number of nitrogens with two attached hydrogens (primary N) is 1. The van der Waals surface area contributed by atoms with Gasteiger partial charge >= 0.3 is 0 Å². The minimum absolute atomic E-state index is 0.0332. The van der Waals surface area contributed by atoms with Crippen molar-refractivity contribution < 1.29 is 4.74 Å². The summed E-state index contributed by atoms with van der Waals surface area (Å²) in [5, 5.41) is 0. The van der Waals surface area contributed by atoms with E-state index in [-0.39, 0.29) is 5.60 Å². The molecule has 0 unspecified atom stereocenters. The number of pyridine rings is 1. The maximum atomic E-state index is 5.87. The molecule has 1 aromatic rings. The van der Waals surface area contributed by atoms with Crippen LogP contribution in [0.2, 0.25) is 0 Å². The molecule has 0 bridgehead atoms. The summed E-state index contributed by atoms with van der Waals surface area (Å²) < 4.78 is 5.87. The molecule has 13 heavy (non-hydrogen) atoms. The third-order valence-electron chi connectivity index (χ3n) is 3.06. The van der Waals surface area contributed by atoms with Crippen LogP contribution in [-0.4, -0.2) is 17.1 Å². The highest BCUT2D eigenvalue weighted by molar-refractivity contribution is 5.41. The molecule has 1 spiro atoms. The molecular formula is C10H12N2O. The fourth-order valence-electron chi connectivity index (χ4n) is 2.19. The molecule has 0 saturated heterocycles. The zero-order chi connectivity index (χ0) is 8.89. The van der Waals surface area contributed by atoms with Gasteiger partial charge in [-0.15, -0.1) is 0 Å². The Balaban J connectivity index is 2.09. The van der Waals surface area contributed by atoms with Gasteiger partial charge in [-0.1, -0.05) is 0 Å². The predicted octanol–water partition coefficient (Wildman–Crippen LogP) is 1.05. The molecule has 68 valence electrons. The first-order chi connectivity index (χ1) is 6.36. The van der Waals surface area contributed by atoms with Crippen molar-refractivity contribution in [1.82, 2.24) is 4.98 Å². The molecule has 3 heteroatoms. The predicted molar refractivity (Wildman–Crippen MR) is 48.6 cm³/mol. The number of hydrogen-bond acceptors (Lipinski definition) is 3. The van der Waals surface area contributed by atoms with Crippen molar-refractivity contribution in [3.05, 3.63) is 24.0 Å². The molecule has 2 aliphatic rings. The first kappa shape index (κ1) is 7.33. The number of rotatable bonds is 1. The number of fused-ring (bicyclic) bond motifs is 1. The van der Waals surface area contributed by atoms with Crippen LogP contribution in [-0.2, 0) is 0 Å². The molecule has 1 fully saturated rings. The lowest BCUT2D eigenvalue weighted by atomic mass is 9.98. The van der Waals surface area contributed by atoms with Gasteiger partial charge < -0.3 is 10.5 Å². The van der Waals surface area contributed by atoms with Crippen molar-refractivity contribution in [2.45, 2.75) is 24.4 Å². The third kappa shape index (κ3) is 0.851. The van der Waals surface area contributed by atoms with E-state index in [9.17, 15) is 0 Å². The lowest BCUT2D eigenvalue weighted by molar-refractivity contribution is 0.184. The van der Waals surface area contributed by atoms with Crippen LogP contribution in [0.5, 0.6) is 5.75 Å². The molecule has 1 aliphatic heterocycles. The quantitative estimate of drug-likeness (QED) is 0.695. The van der Waals surface area contributed by atoms with Crippen LogP contribution in [0.4, 0.5) is 0 Å². The van der Waals surface area contributed by atoms with Crippen LogP contribution in [0, 0.1) is 0 Å². The molecule has 0 aromatic carbocycles. The number of aromatic nitrogens is 1. The fraction of sp³-hybridized carbons (Fsp3) is 0.500. The number of ether oxygens (including phenoxy) is 1. The first-order valence-electron chi connectivity index (χ1n) is 4.70. The van der Waals surface area contributed by atoms with Gasteiger partial charge in [-0.25, -0.2) is 0 Å². The van der Waals surface area contributed by atoms with E-state index in [1.807, 2.05) is 18.3 Å². The molecule has 2 heterocycles. The molecule has 1 saturated carbocycles. The van der Waals surface area contributed by atoms with E-state index >= 15 is 0 Å². The molecular weight excluding hydrogens is 164 g/mol. The summed E-state index contributed by atoms with van der Waals surface area (Å²) in [6.45, 7) is 0.643. The fourth-order valence-corrected chi connectivity index (χ4v) is 2.19. The number of nitrogens with zero attached hydrogens (tertiary/aromatic N) is 1. The van der Waals surface area contributed by atoms with Gasteiger partial charge in [0, 0.05) is 12.7 Å². The number of hydrogen-bond donors (Lipinski definition) is 1. The zero-order valence-corrected chi connectivity index (χ0v) is 7.36. The van der Waals surface area contributed by atoms with E-state index in [1.54, 1.807) is 0 Å². The van der Waals surface area contributed by atoms with Crippen LogP contribution in [0.1, 0.15) is 24.5 Å². The summed E-state index contributed by atoms with van der Waals surface area (Å²) in [6.07, 6.45) is 4.07. The zero-order valence-electron chi connectivity index (χ0n) is 7.36. The normalized spacial score (nSPS) is 27.0. The van der Waals surface area contributed by atoms with E-state index in [1.165, 1.54) is 0 Å². The van der Waals surface area contributed by atoms with E-state index in [4.69, 9.17) is 10.5 Å². The van der Waals surface area contributed by atoms with Gasteiger partial charge in [0.05, 0.1) is 11.6 Å². The summed E-state index contributed by atoms with van der Waals surface area (Å²) in [5.74, 6) is 1.26. The second-order valence-electron chi connectivity index (χ2n) is 3.84. The maximum absolute atomic E-state index is 5.87. The average Bonchev–Trinajstić information content (AvgIpc) is 2.83. The van der Waals surface area contributed by atoms with E-state index in [2.05, 4.69) is 4.98 Å². The van der Waals surface area contributed by atoms with Crippen molar-refractivity contribution in [2.75, 3.05) is 6.54 Å². The van der Waals surface area contributed by atoms with Crippen LogP contribution in [0.3, 0.4) is 0 Å². The highest BCUT2D eigenvalue weighted by Crippen LogP contribution is 2.56. The largest absolute Gasteiger partial charge is 0.485 e. The molecule has 2 N–H and O–H groups in total. The monoisotopic (exact) mass is 176 g/mol. The van der Waals surface area contributed by atoms with Gasteiger partial charge in [0.25, 0.3) is 0 Å². The summed E-state index contributed by atoms with van der Waals surface area (Å²) in [6, 6.07) is 3.89. The van der Waals surface area contributed by atoms with Crippen LogP contribution in [0.25, 0.3) is 0 Å². The maximum Gasteiger partial charge on any atom is 0.142 e. The molecule has 0 amide bonds. The van der Waals surface area contributed by atoms with Crippen LogP contribution in [0.15, 0.2) is 18.3 Å². The second-order valence-corrected chi connectivity index (χ2v) is 3.84. The van der Waals surface area contributed by atoms with Crippen molar-refractivity contribution in [3.8, 4) is 5.75 Å².